The molecule has 20 heavy (non-hydrogen) atoms. The van der Waals surface area contributed by atoms with E-state index in [-0.39, 0.29) is 19.0 Å². The summed E-state index contributed by atoms with van der Waals surface area (Å²) in [5.74, 6) is -0.757. The molecule has 0 aromatic heterocycles. The highest BCUT2D eigenvalue weighted by Crippen LogP contribution is 2.14. The molecule has 1 fully saturated rings. The average molecular weight is 276 g/mol. The molecular formula is C14H16N2O4. The Morgan fingerprint density at radius 3 is 2.30 bits per heavy atom. The minimum atomic E-state index is -0.753. The number of hydrogen-bond donors (Lipinski definition) is 1. The summed E-state index contributed by atoms with van der Waals surface area (Å²) in [5.41, 5.74) is 1.09. The minimum Gasteiger partial charge on any atom is -0.481 e. The second-order valence-corrected chi connectivity index (χ2v) is 4.74. The van der Waals surface area contributed by atoms with E-state index in [1.165, 1.54) is 4.90 Å². The monoisotopic (exact) mass is 276 g/mol. The molecule has 1 heterocycles. The van der Waals surface area contributed by atoms with Gasteiger partial charge in [-0.25, -0.2) is 0 Å². The molecule has 0 bridgehead atoms. The fraction of sp³-hybridized carbons (Fsp3) is 0.357. The van der Waals surface area contributed by atoms with Crippen LogP contribution in [0, 0.1) is 6.92 Å². The summed E-state index contributed by atoms with van der Waals surface area (Å²) in [6.45, 7) is 3.31. The zero-order chi connectivity index (χ0) is 14.7. The van der Waals surface area contributed by atoms with Gasteiger partial charge in [-0.15, -0.1) is 0 Å². The number of amides is 3. The van der Waals surface area contributed by atoms with Gasteiger partial charge in [0.25, 0.3) is 5.91 Å². The van der Waals surface area contributed by atoms with E-state index in [4.69, 9.17) is 4.74 Å². The zero-order valence-electron chi connectivity index (χ0n) is 11.4. The number of aryl methyl sites for hydroxylation is 1. The Balaban J connectivity index is 1.99. The second-order valence-electron chi connectivity index (χ2n) is 4.74. The van der Waals surface area contributed by atoms with Gasteiger partial charge in [0.05, 0.1) is 0 Å². The van der Waals surface area contributed by atoms with E-state index in [0.29, 0.717) is 5.75 Å². The van der Waals surface area contributed by atoms with E-state index in [2.05, 4.69) is 5.32 Å². The molecule has 1 aromatic rings. The summed E-state index contributed by atoms with van der Waals surface area (Å²) >= 11 is 0. The highest BCUT2D eigenvalue weighted by Gasteiger charge is 2.30. The van der Waals surface area contributed by atoms with Crippen molar-refractivity contribution in [2.45, 2.75) is 20.0 Å². The quantitative estimate of drug-likeness (QED) is 0.803. The Hall–Kier alpha value is -2.37. The Labute approximate surface area is 116 Å². The first kappa shape index (κ1) is 14.0. The maximum absolute atomic E-state index is 12.1. The number of nitrogens with one attached hydrogen (secondary N) is 1. The molecular weight excluding hydrogens is 260 g/mol. The van der Waals surface area contributed by atoms with Gasteiger partial charge in [0.1, 0.15) is 18.8 Å². The Kier molecular flexibility index (Phi) is 4.02. The van der Waals surface area contributed by atoms with Crippen molar-refractivity contribution in [3.8, 4) is 5.75 Å². The van der Waals surface area contributed by atoms with Crippen LogP contribution in [0.4, 0.5) is 0 Å². The van der Waals surface area contributed by atoms with Gasteiger partial charge in [0.2, 0.25) is 11.8 Å². The van der Waals surface area contributed by atoms with E-state index in [9.17, 15) is 14.4 Å². The molecule has 1 atom stereocenters. The number of ether oxygens (including phenoxy) is 1. The topological polar surface area (TPSA) is 75.7 Å². The zero-order valence-corrected chi connectivity index (χ0v) is 11.4. The number of nitrogens with zero attached hydrogens (tertiary/aromatic N) is 1. The van der Waals surface area contributed by atoms with Crippen LogP contribution in [0.3, 0.4) is 0 Å². The van der Waals surface area contributed by atoms with Crippen molar-refractivity contribution in [3.05, 3.63) is 29.8 Å². The number of hydrogen-bond acceptors (Lipinski definition) is 4. The average Bonchev–Trinajstić information content (AvgIpc) is 2.39. The van der Waals surface area contributed by atoms with Crippen LogP contribution >= 0.6 is 0 Å². The molecule has 0 spiro atoms. The van der Waals surface area contributed by atoms with Gasteiger partial charge in [-0.05, 0) is 26.0 Å². The van der Waals surface area contributed by atoms with Crippen LogP contribution in [0.15, 0.2) is 24.3 Å². The maximum Gasteiger partial charge on any atom is 0.264 e. The number of rotatable bonds is 3. The predicted molar refractivity (Wildman–Crippen MR) is 71.0 cm³/mol. The van der Waals surface area contributed by atoms with Crippen molar-refractivity contribution in [3.63, 3.8) is 0 Å². The molecule has 3 amide bonds. The highest BCUT2D eigenvalue weighted by molar-refractivity contribution is 6.02. The van der Waals surface area contributed by atoms with Gasteiger partial charge in [-0.1, -0.05) is 17.7 Å². The molecule has 6 nitrogen and oxygen atoms in total. The van der Waals surface area contributed by atoms with Crippen LogP contribution < -0.4 is 10.1 Å². The molecule has 1 unspecified atom stereocenters. The summed E-state index contributed by atoms with van der Waals surface area (Å²) < 4.78 is 5.52. The summed E-state index contributed by atoms with van der Waals surface area (Å²) in [6, 6.07) is 7.30. The molecule has 6 heteroatoms. The third-order valence-electron chi connectivity index (χ3n) is 2.94. The van der Waals surface area contributed by atoms with Crippen molar-refractivity contribution in [2.24, 2.45) is 0 Å². The van der Waals surface area contributed by atoms with Gasteiger partial charge in [-0.2, -0.15) is 0 Å². The normalized spacial score (nSPS) is 16.6. The first-order chi connectivity index (χ1) is 9.45. The van der Waals surface area contributed by atoms with Crippen molar-refractivity contribution < 1.29 is 19.1 Å². The van der Waals surface area contributed by atoms with Crippen molar-refractivity contribution in [1.82, 2.24) is 10.2 Å². The van der Waals surface area contributed by atoms with Crippen LogP contribution in [-0.4, -0.2) is 41.8 Å². The number of imide groups is 1. The number of piperazine rings is 1. The third-order valence-corrected chi connectivity index (χ3v) is 2.94. The van der Waals surface area contributed by atoms with Crippen LogP contribution in [0.2, 0.25) is 0 Å². The lowest BCUT2D eigenvalue weighted by atomic mass is 10.2. The molecule has 106 valence electrons. The molecule has 2 rings (SSSR count). The summed E-state index contributed by atoms with van der Waals surface area (Å²) in [4.78, 5) is 35.8. The molecule has 0 aliphatic carbocycles. The van der Waals surface area contributed by atoms with E-state index in [1.54, 1.807) is 19.1 Å². The predicted octanol–water partition coefficient (Wildman–Crippen LogP) is 0.247. The number of benzene rings is 1. The maximum atomic E-state index is 12.1. The van der Waals surface area contributed by atoms with Gasteiger partial charge < -0.3 is 9.64 Å². The van der Waals surface area contributed by atoms with Crippen molar-refractivity contribution >= 4 is 17.7 Å². The fourth-order valence-electron chi connectivity index (χ4n) is 1.92. The Morgan fingerprint density at radius 1 is 1.20 bits per heavy atom. The van der Waals surface area contributed by atoms with Gasteiger partial charge in [0.15, 0.2) is 6.10 Å². The molecule has 1 aliphatic heterocycles. The Morgan fingerprint density at radius 2 is 1.75 bits per heavy atom. The molecule has 1 aromatic carbocycles. The first-order valence-corrected chi connectivity index (χ1v) is 6.30. The van der Waals surface area contributed by atoms with Crippen LogP contribution in [0.1, 0.15) is 12.5 Å². The van der Waals surface area contributed by atoms with Gasteiger partial charge in [-0.3, -0.25) is 19.7 Å². The lowest BCUT2D eigenvalue weighted by Crippen LogP contribution is -2.55. The van der Waals surface area contributed by atoms with Crippen molar-refractivity contribution in [2.75, 3.05) is 13.1 Å². The summed E-state index contributed by atoms with van der Waals surface area (Å²) in [6.07, 6.45) is -0.753. The van der Waals surface area contributed by atoms with Crippen LogP contribution in [0.25, 0.3) is 0 Å². The van der Waals surface area contributed by atoms with Crippen LogP contribution in [-0.2, 0) is 14.4 Å². The first-order valence-electron chi connectivity index (χ1n) is 6.30. The smallest absolute Gasteiger partial charge is 0.264 e. The molecule has 0 saturated carbocycles. The Bertz CT molecular complexity index is 523. The van der Waals surface area contributed by atoms with Gasteiger partial charge >= 0.3 is 0 Å². The molecule has 1 aliphatic rings. The molecule has 0 radical (unpaired) electrons. The summed E-state index contributed by atoms with van der Waals surface area (Å²) in [7, 11) is 0. The highest BCUT2D eigenvalue weighted by atomic mass is 16.5. The fourth-order valence-corrected chi connectivity index (χ4v) is 1.92. The SMILES string of the molecule is Cc1ccc(OC(C)C(=O)N2CC(=O)NC(=O)C2)cc1. The standard InChI is InChI=1S/C14H16N2O4/c1-9-3-5-11(6-4-9)20-10(2)14(19)16-7-12(17)15-13(18)8-16/h3-6,10H,7-8H2,1-2H3,(H,15,17,18). The molecule has 1 N–H and O–H groups in total. The third kappa shape index (κ3) is 3.34. The summed E-state index contributed by atoms with van der Waals surface area (Å²) in [5, 5.41) is 2.15. The minimum absolute atomic E-state index is 0.119. The lowest BCUT2D eigenvalue weighted by Gasteiger charge is -2.28. The van der Waals surface area contributed by atoms with E-state index in [0.717, 1.165) is 5.56 Å². The largest absolute Gasteiger partial charge is 0.481 e. The van der Waals surface area contributed by atoms with E-state index >= 15 is 0 Å². The van der Waals surface area contributed by atoms with E-state index in [1.807, 2.05) is 19.1 Å². The second kappa shape index (κ2) is 5.73. The van der Waals surface area contributed by atoms with Crippen molar-refractivity contribution in [1.29, 1.82) is 0 Å². The number of carbonyl (C=O) groups is 3. The number of carbonyl (C=O) groups excluding carboxylic acids is 3. The lowest BCUT2D eigenvalue weighted by molar-refractivity contribution is -0.148. The van der Waals surface area contributed by atoms with Gasteiger partial charge in [0, 0.05) is 0 Å². The van der Waals surface area contributed by atoms with E-state index < -0.39 is 17.9 Å². The molecule has 1 saturated heterocycles. The van der Waals surface area contributed by atoms with Crippen LogP contribution in [0.5, 0.6) is 5.75 Å².